The van der Waals surface area contributed by atoms with Gasteiger partial charge in [0.15, 0.2) is 0 Å². The van der Waals surface area contributed by atoms with E-state index < -0.39 is 0 Å². The van der Waals surface area contributed by atoms with Gasteiger partial charge in [0.2, 0.25) is 5.91 Å². The number of likely N-dealkylation sites (tertiary alicyclic amines) is 1. The average molecular weight is 371 g/mol. The molecular weight excluding hydrogens is 349 g/mol. The van der Waals surface area contributed by atoms with E-state index in [1.165, 1.54) is 12.1 Å². The fourth-order valence-corrected chi connectivity index (χ4v) is 3.25. The summed E-state index contributed by atoms with van der Waals surface area (Å²) in [6.45, 7) is 1.55. The Labute approximate surface area is 157 Å². The first-order valence-corrected chi connectivity index (χ1v) is 9.07. The Morgan fingerprint density at radius 2 is 1.85 bits per heavy atom. The van der Waals surface area contributed by atoms with Crippen molar-refractivity contribution in [1.82, 2.24) is 15.8 Å². The van der Waals surface area contributed by atoms with Crippen LogP contribution in [0.15, 0.2) is 54.6 Å². The summed E-state index contributed by atoms with van der Waals surface area (Å²) in [7, 11) is 0. The lowest BCUT2D eigenvalue weighted by atomic mass is 10.1. The summed E-state index contributed by atoms with van der Waals surface area (Å²) >= 11 is 0. The molecule has 2 aliphatic rings. The summed E-state index contributed by atoms with van der Waals surface area (Å²) < 4.78 is 24.6. The molecule has 142 valence electrons. The minimum Gasteiger partial charge on any atom is -0.492 e. The summed E-state index contributed by atoms with van der Waals surface area (Å²) in [6.07, 6.45) is 0.660. The lowest BCUT2D eigenvalue weighted by Gasteiger charge is -2.40. The third-order valence-electron chi connectivity index (χ3n) is 4.73. The second-order valence-electron chi connectivity index (χ2n) is 6.84. The van der Waals surface area contributed by atoms with Gasteiger partial charge in [-0.1, -0.05) is 24.3 Å². The van der Waals surface area contributed by atoms with Crippen molar-refractivity contribution in [3.05, 3.63) is 60.4 Å². The van der Waals surface area contributed by atoms with E-state index in [4.69, 9.17) is 9.47 Å². The quantitative estimate of drug-likeness (QED) is 0.810. The van der Waals surface area contributed by atoms with Crippen LogP contribution < -0.4 is 20.3 Å². The van der Waals surface area contributed by atoms with E-state index in [-0.39, 0.29) is 29.9 Å². The molecule has 0 spiro atoms. The number of amides is 1. The van der Waals surface area contributed by atoms with Gasteiger partial charge in [-0.3, -0.25) is 10.2 Å². The maximum absolute atomic E-state index is 13.2. The average Bonchev–Trinajstić information content (AvgIpc) is 3.12. The molecule has 1 amide bonds. The molecule has 2 atom stereocenters. The van der Waals surface area contributed by atoms with E-state index >= 15 is 0 Å². The van der Waals surface area contributed by atoms with E-state index in [1.54, 1.807) is 17.0 Å². The van der Waals surface area contributed by atoms with E-state index in [9.17, 15) is 9.18 Å². The fraction of sp³-hybridized carbons (Fsp3) is 0.350. The molecule has 6 nitrogen and oxygen atoms in total. The highest BCUT2D eigenvalue weighted by molar-refractivity contribution is 5.83. The van der Waals surface area contributed by atoms with Crippen LogP contribution in [0, 0.1) is 5.82 Å². The summed E-state index contributed by atoms with van der Waals surface area (Å²) in [6, 6.07) is 15.4. The molecule has 2 aliphatic heterocycles. The van der Waals surface area contributed by atoms with E-state index in [1.807, 2.05) is 30.3 Å². The van der Waals surface area contributed by atoms with Crippen LogP contribution in [-0.4, -0.2) is 48.7 Å². The van der Waals surface area contributed by atoms with Crippen LogP contribution in [0.3, 0.4) is 0 Å². The molecule has 2 saturated heterocycles. The molecule has 0 bridgehead atoms. The Hall–Kier alpha value is -2.64. The van der Waals surface area contributed by atoms with E-state index in [0.717, 1.165) is 5.75 Å². The van der Waals surface area contributed by atoms with E-state index in [0.29, 0.717) is 31.9 Å². The molecule has 2 unspecified atom stereocenters. The topological polar surface area (TPSA) is 62.8 Å². The SMILES string of the molecule is O=C(C1CC(COc2cccc(F)c2)NN1)N1CC(Oc2ccccc2)C1. The zero-order chi connectivity index (χ0) is 18.6. The van der Waals surface area contributed by atoms with Gasteiger partial charge >= 0.3 is 0 Å². The molecule has 0 radical (unpaired) electrons. The molecule has 2 fully saturated rings. The maximum atomic E-state index is 13.2. The number of halogens is 1. The van der Waals surface area contributed by atoms with Gasteiger partial charge in [0, 0.05) is 6.07 Å². The smallest absolute Gasteiger partial charge is 0.241 e. The predicted octanol–water partition coefficient (Wildman–Crippen LogP) is 1.73. The Balaban J connectivity index is 1.20. The number of nitrogens with zero attached hydrogens (tertiary/aromatic N) is 1. The fourth-order valence-electron chi connectivity index (χ4n) is 3.25. The van der Waals surface area contributed by atoms with Gasteiger partial charge in [-0.2, -0.15) is 0 Å². The van der Waals surface area contributed by atoms with Crippen LogP contribution in [0.2, 0.25) is 0 Å². The molecule has 4 rings (SSSR count). The number of benzene rings is 2. The standard InChI is InChI=1S/C20H22FN3O3/c21-14-5-4-8-17(9-14)26-13-15-10-19(23-22-15)20(25)24-11-18(12-24)27-16-6-2-1-3-7-16/h1-9,15,18-19,22-23H,10-13H2. The molecular formula is C20H22FN3O3. The number of rotatable bonds is 6. The van der Waals surface area contributed by atoms with Gasteiger partial charge in [-0.15, -0.1) is 0 Å². The zero-order valence-electron chi connectivity index (χ0n) is 14.8. The highest BCUT2D eigenvalue weighted by Crippen LogP contribution is 2.20. The molecule has 2 N–H and O–H groups in total. The number of carbonyl (C=O) groups excluding carboxylic acids is 1. The number of carbonyl (C=O) groups is 1. The third-order valence-corrected chi connectivity index (χ3v) is 4.73. The van der Waals surface area contributed by atoms with Gasteiger partial charge in [0.05, 0.1) is 19.1 Å². The predicted molar refractivity (Wildman–Crippen MR) is 97.8 cm³/mol. The van der Waals surface area contributed by atoms with Gasteiger partial charge in [-0.05, 0) is 30.7 Å². The number of nitrogens with one attached hydrogen (secondary N) is 2. The van der Waals surface area contributed by atoms with Crippen LogP contribution >= 0.6 is 0 Å². The monoisotopic (exact) mass is 371 g/mol. The molecule has 27 heavy (non-hydrogen) atoms. The summed E-state index contributed by atoms with van der Waals surface area (Å²) in [5, 5.41) is 0. The molecule has 0 saturated carbocycles. The van der Waals surface area contributed by atoms with Crippen LogP contribution in [0.5, 0.6) is 11.5 Å². The molecule has 2 aromatic carbocycles. The number of hydrogen-bond donors (Lipinski definition) is 2. The van der Waals surface area contributed by atoms with Crippen molar-refractivity contribution < 1.29 is 18.7 Å². The van der Waals surface area contributed by atoms with E-state index in [2.05, 4.69) is 10.9 Å². The lowest BCUT2D eigenvalue weighted by molar-refractivity contribution is -0.142. The third kappa shape index (κ3) is 4.37. The summed E-state index contributed by atoms with van der Waals surface area (Å²) in [5.41, 5.74) is 6.11. The number of hydrazine groups is 1. The van der Waals surface area contributed by atoms with Crippen LogP contribution in [0.4, 0.5) is 4.39 Å². The second-order valence-corrected chi connectivity index (χ2v) is 6.84. The van der Waals surface area contributed by atoms with Crippen molar-refractivity contribution in [3.8, 4) is 11.5 Å². The zero-order valence-corrected chi connectivity index (χ0v) is 14.8. The Morgan fingerprint density at radius 3 is 2.63 bits per heavy atom. The minimum absolute atomic E-state index is 0.0140. The Morgan fingerprint density at radius 1 is 1.07 bits per heavy atom. The van der Waals surface area contributed by atoms with Crippen LogP contribution in [0.25, 0.3) is 0 Å². The first-order valence-electron chi connectivity index (χ1n) is 9.07. The summed E-state index contributed by atoms with van der Waals surface area (Å²) in [4.78, 5) is 14.4. The van der Waals surface area contributed by atoms with Gasteiger partial charge in [0.25, 0.3) is 0 Å². The molecule has 0 aliphatic carbocycles. The van der Waals surface area contributed by atoms with Crippen molar-refractivity contribution >= 4 is 5.91 Å². The number of ether oxygens (including phenoxy) is 2. The van der Waals surface area contributed by atoms with Crippen molar-refractivity contribution in [3.63, 3.8) is 0 Å². The lowest BCUT2D eigenvalue weighted by Crippen LogP contribution is -2.60. The molecule has 7 heteroatoms. The summed E-state index contributed by atoms with van der Waals surface area (Å²) in [5.74, 6) is 1.03. The number of para-hydroxylation sites is 1. The molecule has 2 aromatic rings. The molecule has 2 heterocycles. The van der Waals surface area contributed by atoms with Gasteiger partial charge < -0.3 is 14.4 Å². The highest BCUT2D eigenvalue weighted by atomic mass is 19.1. The van der Waals surface area contributed by atoms with Crippen LogP contribution in [-0.2, 0) is 4.79 Å². The first kappa shape index (κ1) is 17.8. The normalized spacial score (nSPS) is 22.3. The maximum Gasteiger partial charge on any atom is 0.241 e. The van der Waals surface area contributed by atoms with Crippen molar-refractivity contribution in [2.45, 2.75) is 24.6 Å². The van der Waals surface area contributed by atoms with Crippen LogP contribution in [0.1, 0.15) is 6.42 Å². The second kappa shape index (κ2) is 7.94. The Bertz CT molecular complexity index is 783. The molecule has 0 aromatic heterocycles. The van der Waals surface area contributed by atoms with Gasteiger partial charge in [-0.25, -0.2) is 9.82 Å². The largest absolute Gasteiger partial charge is 0.492 e. The van der Waals surface area contributed by atoms with Crippen molar-refractivity contribution in [2.24, 2.45) is 0 Å². The minimum atomic E-state index is -0.330. The van der Waals surface area contributed by atoms with Gasteiger partial charge in [0.1, 0.15) is 36.1 Å². The van der Waals surface area contributed by atoms with Crippen molar-refractivity contribution in [2.75, 3.05) is 19.7 Å². The first-order chi connectivity index (χ1) is 13.2. The van der Waals surface area contributed by atoms with Crippen molar-refractivity contribution in [1.29, 1.82) is 0 Å². The Kier molecular flexibility index (Phi) is 5.22. The highest BCUT2D eigenvalue weighted by Gasteiger charge is 2.38. The number of hydrogen-bond acceptors (Lipinski definition) is 5.